The number of esters is 2. The quantitative estimate of drug-likeness (QED) is 0.0470. The van der Waals surface area contributed by atoms with Crippen LogP contribution < -0.4 is 10.6 Å². The zero-order chi connectivity index (χ0) is 41.9. The van der Waals surface area contributed by atoms with Crippen LogP contribution in [0.25, 0.3) is 0 Å². The van der Waals surface area contributed by atoms with Gasteiger partial charge < -0.3 is 24.4 Å². The van der Waals surface area contributed by atoms with Crippen molar-refractivity contribution in [2.24, 2.45) is 5.16 Å². The molecule has 0 bridgehead atoms. The summed E-state index contributed by atoms with van der Waals surface area (Å²) < 4.78 is 16.8. The number of aromatic nitrogens is 1. The van der Waals surface area contributed by atoms with Gasteiger partial charge in [-0.15, -0.1) is 23.4 Å². The van der Waals surface area contributed by atoms with Crippen LogP contribution >= 0.6 is 46.3 Å². The van der Waals surface area contributed by atoms with Crippen molar-refractivity contribution in [1.29, 1.82) is 0 Å². The van der Waals surface area contributed by atoms with Gasteiger partial charge in [0.1, 0.15) is 38.3 Å². The summed E-state index contributed by atoms with van der Waals surface area (Å²) in [5.74, 6) is -2.88. The highest BCUT2D eigenvalue weighted by Crippen LogP contribution is 2.42. The van der Waals surface area contributed by atoms with Crippen molar-refractivity contribution in [2.75, 3.05) is 16.9 Å². The molecule has 2 N–H and O–H groups in total. The van der Waals surface area contributed by atoms with Gasteiger partial charge in [0.15, 0.2) is 16.9 Å². The molecule has 18 heteroatoms. The molecule has 0 saturated carbocycles. The van der Waals surface area contributed by atoms with Crippen molar-refractivity contribution in [3.63, 3.8) is 0 Å². The monoisotopic (exact) mass is 859 g/mol. The Morgan fingerprint density at radius 1 is 0.930 bits per heavy atom. The maximum absolute atomic E-state index is 14.1. The van der Waals surface area contributed by atoms with Crippen LogP contribution in [0.15, 0.2) is 77.1 Å². The molecule has 1 aromatic heterocycles. The van der Waals surface area contributed by atoms with Crippen molar-refractivity contribution < 1.29 is 43.0 Å². The van der Waals surface area contributed by atoms with Gasteiger partial charge in [-0.3, -0.25) is 19.8 Å². The van der Waals surface area contributed by atoms with E-state index in [1.807, 2.05) is 60.7 Å². The van der Waals surface area contributed by atoms with Crippen molar-refractivity contribution >= 4 is 87.0 Å². The third-order valence-electron chi connectivity index (χ3n) is 8.01. The van der Waals surface area contributed by atoms with Crippen LogP contribution in [0.1, 0.15) is 78.3 Å². The fourth-order valence-electron chi connectivity index (χ4n) is 5.41. The summed E-state index contributed by atoms with van der Waals surface area (Å²) in [6.07, 6.45) is -1.61. The van der Waals surface area contributed by atoms with Gasteiger partial charge in [0.05, 0.1) is 0 Å². The molecule has 0 unspecified atom stereocenters. The number of halogens is 2. The zero-order valence-corrected chi connectivity index (χ0v) is 35.7. The number of fused-ring (bicyclic) bond motifs is 1. The minimum atomic E-state index is -1.70. The van der Waals surface area contributed by atoms with Crippen molar-refractivity contribution in [1.82, 2.24) is 15.2 Å². The number of thioether (sulfide) groups is 1. The SMILES string of the molecule is CC(C)(C)OC(=O)Nc1nc(/C(=N\OC(C)(C)C(=O)OC(C)(C)C)C(=O)N[C@@H]2C(=O)N3C(C(=O)OC(c4ccccc4)c4ccccc4)=C(CCl)CS[C@H]23)c(Cl)s1. The van der Waals surface area contributed by atoms with Crippen LogP contribution in [-0.2, 0) is 38.2 Å². The fraction of sp³-hybridized carbons (Fsp3) is 0.410. The molecule has 0 aliphatic carbocycles. The molecular formula is C39H43Cl2N5O9S2. The van der Waals surface area contributed by atoms with E-state index in [0.29, 0.717) is 5.57 Å². The summed E-state index contributed by atoms with van der Waals surface area (Å²) in [6, 6.07) is 17.2. The van der Waals surface area contributed by atoms with Gasteiger partial charge >= 0.3 is 18.0 Å². The molecule has 2 aromatic carbocycles. The standard InChI is InChI=1S/C39H43Cl2N5O9S2/c1-37(2,3)53-34(50)39(7,8)55-45-25(24-29(41)57-35(43-24)44-36(51)54-38(4,5)6)30(47)42-26-31(48)46-27(23(19-40)20-56-32(26)46)33(49)52-28(21-15-11-9-12-16-21)22-17-13-10-14-18-22/h9-18,26,28,32H,19-20H2,1-8H3,(H,42,47)(H,43,44,51)/b45-25+/t26-,32-/m1/s1. The highest BCUT2D eigenvalue weighted by molar-refractivity contribution is 8.00. The van der Waals surface area contributed by atoms with Gasteiger partial charge in [-0.05, 0) is 72.1 Å². The largest absolute Gasteiger partial charge is 0.457 e. The number of amides is 3. The highest BCUT2D eigenvalue weighted by Gasteiger charge is 2.55. The van der Waals surface area contributed by atoms with Crippen molar-refractivity contribution in [2.45, 2.75) is 89.7 Å². The lowest BCUT2D eigenvalue weighted by Crippen LogP contribution is -2.71. The lowest BCUT2D eigenvalue weighted by Gasteiger charge is -2.49. The molecule has 2 aliphatic heterocycles. The molecule has 5 rings (SSSR count). The Kier molecular flexibility index (Phi) is 13.3. The van der Waals surface area contributed by atoms with E-state index in [2.05, 4.69) is 20.8 Å². The molecule has 1 fully saturated rings. The smallest absolute Gasteiger partial charge is 0.413 e. The third-order valence-corrected chi connectivity index (χ3v) is 10.8. The Balaban J connectivity index is 1.41. The van der Waals surface area contributed by atoms with Gasteiger partial charge in [0.25, 0.3) is 11.8 Å². The Labute approximate surface area is 348 Å². The first kappa shape index (κ1) is 43.5. The van der Waals surface area contributed by atoms with Crippen molar-refractivity contribution in [3.8, 4) is 0 Å². The van der Waals surface area contributed by atoms with E-state index < -0.39 is 69.9 Å². The minimum Gasteiger partial charge on any atom is -0.457 e. The normalized spacial score (nSPS) is 17.4. The molecule has 304 valence electrons. The number of hydrogen-bond donors (Lipinski definition) is 2. The number of β-lactam (4-membered cyclic amide) rings is 1. The Morgan fingerprint density at radius 2 is 1.51 bits per heavy atom. The predicted molar refractivity (Wildman–Crippen MR) is 218 cm³/mol. The summed E-state index contributed by atoms with van der Waals surface area (Å²) in [7, 11) is 0. The van der Waals surface area contributed by atoms with Crippen molar-refractivity contribution in [3.05, 3.63) is 93.1 Å². The molecule has 3 heterocycles. The van der Waals surface area contributed by atoms with E-state index in [-0.39, 0.29) is 32.5 Å². The lowest BCUT2D eigenvalue weighted by molar-refractivity contribution is -0.179. The molecule has 14 nitrogen and oxygen atoms in total. The number of nitrogens with zero attached hydrogens (tertiary/aromatic N) is 3. The van der Waals surface area contributed by atoms with Gasteiger partial charge in [-0.1, -0.05) is 88.8 Å². The number of nitrogens with one attached hydrogen (secondary N) is 2. The molecule has 2 atom stereocenters. The second-order valence-corrected chi connectivity index (χ2v) is 18.3. The maximum Gasteiger partial charge on any atom is 0.413 e. The van der Waals surface area contributed by atoms with Crippen LogP contribution in [0.3, 0.4) is 0 Å². The summed E-state index contributed by atoms with van der Waals surface area (Å²) in [5, 5.41) is 8.39. The van der Waals surface area contributed by atoms with E-state index >= 15 is 0 Å². The van der Waals surface area contributed by atoms with Gasteiger partial charge in [0, 0.05) is 11.6 Å². The Hall–Kier alpha value is -4.64. The van der Waals surface area contributed by atoms with Gasteiger partial charge in [-0.25, -0.2) is 19.4 Å². The summed E-state index contributed by atoms with van der Waals surface area (Å²) in [6.45, 7) is 12.9. The second-order valence-electron chi connectivity index (χ2n) is 15.4. The molecule has 57 heavy (non-hydrogen) atoms. The van der Waals surface area contributed by atoms with Crippen LogP contribution in [-0.4, -0.2) is 85.3 Å². The molecule has 0 spiro atoms. The molecular weight excluding hydrogens is 817 g/mol. The molecule has 3 aromatic rings. The Bertz CT molecular complexity index is 2040. The van der Waals surface area contributed by atoms with E-state index in [1.165, 1.54) is 30.5 Å². The number of hydrogen-bond acceptors (Lipinski definition) is 13. The average Bonchev–Trinajstić information content (AvgIpc) is 3.49. The number of anilines is 1. The fourth-order valence-corrected chi connectivity index (χ4v) is 8.12. The number of benzene rings is 2. The number of oxime groups is 1. The summed E-state index contributed by atoms with van der Waals surface area (Å²) >= 11 is 15.0. The summed E-state index contributed by atoms with van der Waals surface area (Å²) in [4.78, 5) is 78.7. The number of carbonyl (C=O) groups excluding carboxylic acids is 5. The van der Waals surface area contributed by atoms with Crippen LogP contribution in [0.2, 0.25) is 4.34 Å². The van der Waals surface area contributed by atoms with Gasteiger partial charge in [0.2, 0.25) is 5.60 Å². The number of alkyl halides is 1. The van der Waals surface area contributed by atoms with Crippen LogP contribution in [0, 0.1) is 0 Å². The number of ether oxygens (including phenoxy) is 3. The predicted octanol–water partition coefficient (Wildman–Crippen LogP) is 7.21. The third kappa shape index (κ3) is 10.7. The first-order chi connectivity index (χ1) is 26.7. The summed E-state index contributed by atoms with van der Waals surface area (Å²) in [5.41, 5.74) is -2.17. The van der Waals surface area contributed by atoms with E-state index in [9.17, 15) is 24.0 Å². The Morgan fingerprint density at radius 3 is 2.05 bits per heavy atom. The first-order valence-electron chi connectivity index (χ1n) is 17.7. The van der Waals surface area contributed by atoms with E-state index in [1.54, 1.807) is 41.5 Å². The average molecular weight is 861 g/mol. The zero-order valence-electron chi connectivity index (χ0n) is 32.5. The highest BCUT2D eigenvalue weighted by atomic mass is 35.5. The maximum atomic E-state index is 14.1. The number of thiazole rings is 1. The minimum absolute atomic E-state index is 0.00199. The van der Waals surface area contributed by atoms with E-state index in [4.69, 9.17) is 42.3 Å². The number of carbonyl (C=O) groups is 5. The van der Waals surface area contributed by atoms with Gasteiger partial charge in [-0.2, -0.15) is 0 Å². The van der Waals surface area contributed by atoms with E-state index in [0.717, 1.165) is 22.5 Å². The molecule has 3 amide bonds. The number of rotatable bonds is 12. The second kappa shape index (κ2) is 17.5. The topological polar surface area (TPSA) is 175 Å². The first-order valence-corrected chi connectivity index (χ1v) is 20.5. The molecule has 2 aliphatic rings. The molecule has 1 saturated heterocycles. The van der Waals surface area contributed by atoms with Crippen LogP contribution in [0.5, 0.6) is 0 Å². The lowest BCUT2D eigenvalue weighted by atomic mass is 10.0. The molecule has 0 radical (unpaired) electrons. The van der Waals surface area contributed by atoms with Crippen LogP contribution in [0.4, 0.5) is 9.93 Å².